The summed E-state index contributed by atoms with van der Waals surface area (Å²) in [6.45, 7) is 2.82. The Labute approximate surface area is 198 Å². The Balaban J connectivity index is 1.66. The van der Waals surface area contributed by atoms with Gasteiger partial charge in [0.2, 0.25) is 11.8 Å². The Hall–Kier alpha value is -3.07. The number of hydrogen-bond acceptors (Lipinski definition) is 5. The van der Waals surface area contributed by atoms with Crippen molar-refractivity contribution in [3.63, 3.8) is 0 Å². The van der Waals surface area contributed by atoms with Crippen LogP contribution in [0.5, 0.6) is 5.75 Å². The molecule has 0 fully saturated rings. The van der Waals surface area contributed by atoms with Crippen LogP contribution < -0.4 is 15.4 Å². The van der Waals surface area contributed by atoms with Crippen LogP contribution in [-0.2, 0) is 23.1 Å². The Bertz CT molecular complexity index is 993. The number of carbonyl (C=O) groups excluding carboxylic acids is 3. The highest BCUT2D eigenvalue weighted by atomic mass is 35.5. The van der Waals surface area contributed by atoms with Crippen molar-refractivity contribution < 1.29 is 19.1 Å². The van der Waals surface area contributed by atoms with Crippen LogP contribution in [0.1, 0.15) is 42.2 Å². The van der Waals surface area contributed by atoms with Crippen LogP contribution in [0, 0.1) is 0 Å². The monoisotopic (exact) mass is 475 g/mol. The number of nitrogens with zero attached hydrogens (tertiary/aromatic N) is 3. The van der Waals surface area contributed by atoms with Crippen LogP contribution in [0.15, 0.2) is 30.5 Å². The zero-order valence-electron chi connectivity index (χ0n) is 19.0. The van der Waals surface area contributed by atoms with Crippen molar-refractivity contribution in [1.29, 1.82) is 0 Å². The van der Waals surface area contributed by atoms with Gasteiger partial charge in [0, 0.05) is 43.5 Å². The van der Waals surface area contributed by atoms with Crippen LogP contribution in [0.2, 0.25) is 5.02 Å². The molecule has 3 amide bonds. The third-order valence-corrected chi connectivity index (χ3v) is 5.66. The predicted octanol–water partition coefficient (Wildman–Crippen LogP) is 1.94. The molecule has 33 heavy (non-hydrogen) atoms. The summed E-state index contributed by atoms with van der Waals surface area (Å²) in [5, 5.41) is 10.3. The van der Waals surface area contributed by atoms with Gasteiger partial charge in [-0.15, -0.1) is 0 Å². The molecular formula is C23H30ClN5O4. The molecule has 0 saturated heterocycles. The molecular weight excluding hydrogens is 446 g/mol. The fourth-order valence-electron chi connectivity index (χ4n) is 3.61. The Morgan fingerprint density at radius 1 is 1.27 bits per heavy atom. The number of aromatic nitrogens is 2. The van der Waals surface area contributed by atoms with E-state index in [4.69, 9.17) is 16.3 Å². The molecule has 2 heterocycles. The molecule has 9 nitrogen and oxygen atoms in total. The van der Waals surface area contributed by atoms with Crippen molar-refractivity contribution in [3.05, 3.63) is 46.7 Å². The van der Waals surface area contributed by atoms with Gasteiger partial charge in [0.25, 0.3) is 5.91 Å². The first-order chi connectivity index (χ1) is 15.8. The molecule has 2 N–H and O–H groups in total. The summed E-state index contributed by atoms with van der Waals surface area (Å²) in [6.07, 6.45) is 3.85. The number of aryl methyl sites for hydroxylation is 2. The lowest BCUT2D eigenvalue weighted by atomic mass is 10.1. The molecule has 0 saturated carbocycles. The maximum absolute atomic E-state index is 12.9. The van der Waals surface area contributed by atoms with E-state index in [0.717, 1.165) is 5.69 Å². The molecule has 2 aromatic rings. The van der Waals surface area contributed by atoms with E-state index in [1.807, 2.05) is 13.1 Å². The number of amides is 3. The molecule has 0 spiro atoms. The minimum absolute atomic E-state index is 0.0207. The van der Waals surface area contributed by atoms with Gasteiger partial charge in [0.15, 0.2) is 0 Å². The summed E-state index contributed by atoms with van der Waals surface area (Å²) in [6, 6.07) is 6.42. The second-order valence-electron chi connectivity index (χ2n) is 8.14. The van der Waals surface area contributed by atoms with Crippen LogP contribution in [0.4, 0.5) is 0 Å². The molecule has 1 aliphatic rings. The van der Waals surface area contributed by atoms with Crippen molar-refractivity contribution in [3.8, 4) is 5.75 Å². The first-order valence-corrected chi connectivity index (χ1v) is 11.5. The van der Waals surface area contributed by atoms with Crippen molar-refractivity contribution in [2.24, 2.45) is 7.05 Å². The second kappa shape index (κ2) is 11.7. The molecule has 3 rings (SSSR count). The van der Waals surface area contributed by atoms with Gasteiger partial charge in [0.05, 0.1) is 18.2 Å². The molecule has 1 aliphatic heterocycles. The highest BCUT2D eigenvalue weighted by molar-refractivity contribution is 6.31. The second-order valence-corrected chi connectivity index (χ2v) is 8.58. The summed E-state index contributed by atoms with van der Waals surface area (Å²) in [5.41, 5.74) is 1.31. The van der Waals surface area contributed by atoms with Gasteiger partial charge in [-0.3, -0.25) is 19.1 Å². The van der Waals surface area contributed by atoms with Gasteiger partial charge in [-0.1, -0.05) is 11.6 Å². The van der Waals surface area contributed by atoms with E-state index in [2.05, 4.69) is 15.7 Å². The minimum Gasteiger partial charge on any atom is -0.491 e. The number of halogens is 1. The van der Waals surface area contributed by atoms with Gasteiger partial charge in [-0.05, 0) is 50.5 Å². The molecule has 178 valence electrons. The van der Waals surface area contributed by atoms with Gasteiger partial charge in [-0.2, -0.15) is 5.10 Å². The summed E-state index contributed by atoms with van der Waals surface area (Å²) in [7, 11) is 1.83. The highest BCUT2D eigenvalue weighted by Crippen LogP contribution is 2.23. The average molecular weight is 476 g/mol. The number of fused-ring (bicyclic) bond motifs is 1. The third kappa shape index (κ3) is 7.21. The quantitative estimate of drug-likeness (QED) is 0.705. The van der Waals surface area contributed by atoms with E-state index >= 15 is 0 Å². The first-order valence-electron chi connectivity index (χ1n) is 11.1. The molecule has 1 atom stereocenters. The maximum Gasteiger partial charge on any atom is 0.255 e. The normalized spacial score (nSPS) is 18.3. The van der Waals surface area contributed by atoms with Crippen molar-refractivity contribution in [2.45, 2.75) is 38.6 Å². The van der Waals surface area contributed by atoms with Crippen molar-refractivity contribution in [1.82, 2.24) is 25.3 Å². The number of carbonyl (C=O) groups is 3. The Morgan fingerprint density at radius 3 is 2.85 bits per heavy atom. The van der Waals surface area contributed by atoms with E-state index < -0.39 is 0 Å². The zero-order chi connectivity index (χ0) is 23.8. The van der Waals surface area contributed by atoms with Crippen LogP contribution in [0.3, 0.4) is 0 Å². The summed E-state index contributed by atoms with van der Waals surface area (Å²) in [4.78, 5) is 39.7. The summed E-state index contributed by atoms with van der Waals surface area (Å²) in [5.74, 6) is -0.214. The molecule has 0 bridgehead atoms. The van der Waals surface area contributed by atoms with E-state index in [0.29, 0.717) is 48.7 Å². The number of rotatable bonds is 3. The zero-order valence-corrected chi connectivity index (χ0v) is 19.7. The predicted molar refractivity (Wildman–Crippen MR) is 124 cm³/mol. The SMILES string of the molecule is C[C@@H]1COc2ccc(Cl)cc2C(=O)NCCCCN(C(=O)CCc2ccnn2C)CC(=O)N1. The van der Waals surface area contributed by atoms with Crippen molar-refractivity contribution in [2.75, 3.05) is 26.2 Å². The van der Waals surface area contributed by atoms with Gasteiger partial charge < -0.3 is 20.3 Å². The van der Waals surface area contributed by atoms with E-state index in [1.165, 1.54) is 0 Å². The summed E-state index contributed by atoms with van der Waals surface area (Å²) < 4.78 is 7.53. The largest absolute Gasteiger partial charge is 0.491 e. The number of hydrogen-bond donors (Lipinski definition) is 2. The van der Waals surface area contributed by atoms with Gasteiger partial charge in [0.1, 0.15) is 12.4 Å². The lowest BCUT2D eigenvalue weighted by Gasteiger charge is -2.23. The number of benzene rings is 1. The fourth-order valence-corrected chi connectivity index (χ4v) is 3.78. The fraction of sp³-hybridized carbons (Fsp3) is 0.478. The Kier molecular flexibility index (Phi) is 8.71. The van der Waals surface area contributed by atoms with E-state index in [9.17, 15) is 14.4 Å². The molecule has 1 aromatic heterocycles. The van der Waals surface area contributed by atoms with Gasteiger partial charge in [-0.25, -0.2) is 0 Å². The lowest BCUT2D eigenvalue weighted by Crippen LogP contribution is -2.45. The van der Waals surface area contributed by atoms with E-state index in [-0.39, 0.29) is 43.3 Å². The average Bonchev–Trinajstić information content (AvgIpc) is 3.19. The highest BCUT2D eigenvalue weighted by Gasteiger charge is 2.20. The molecule has 1 aromatic carbocycles. The molecule has 0 radical (unpaired) electrons. The Morgan fingerprint density at radius 2 is 2.09 bits per heavy atom. The van der Waals surface area contributed by atoms with Crippen LogP contribution in [0.25, 0.3) is 0 Å². The first kappa shape index (κ1) is 24.6. The molecule has 0 aliphatic carbocycles. The number of nitrogens with one attached hydrogen (secondary N) is 2. The lowest BCUT2D eigenvalue weighted by molar-refractivity contribution is -0.136. The van der Waals surface area contributed by atoms with Gasteiger partial charge >= 0.3 is 0 Å². The smallest absolute Gasteiger partial charge is 0.255 e. The third-order valence-electron chi connectivity index (χ3n) is 5.43. The standard InChI is InChI=1S/C23H30ClN5O4/c1-16-15-33-20-7-5-17(24)13-19(20)23(32)25-10-3-4-12-29(14-21(30)27-16)22(31)8-6-18-9-11-26-28(18)2/h5,7,9,11,13,16H,3-4,6,8,10,12,14-15H2,1-2H3,(H,25,32)(H,27,30)/t16-/m1/s1. The number of ether oxygens (including phenoxy) is 1. The summed E-state index contributed by atoms with van der Waals surface area (Å²) >= 11 is 6.06. The van der Waals surface area contributed by atoms with E-state index in [1.54, 1.807) is 40.9 Å². The minimum atomic E-state index is -0.319. The van der Waals surface area contributed by atoms with Crippen molar-refractivity contribution >= 4 is 29.3 Å². The van der Waals surface area contributed by atoms with Crippen LogP contribution >= 0.6 is 11.6 Å². The molecule has 10 heteroatoms. The van der Waals surface area contributed by atoms with Crippen LogP contribution in [-0.4, -0.2) is 64.7 Å². The maximum atomic E-state index is 12.9. The topological polar surface area (TPSA) is 106 Å². The molecule has 0 unspecified atom stereocenters.